The van der Waals surface area contributed by atoms with Crippen molar-refractivity contribution in [1.29, 1.82) is 0 Å². The van der Waals surface area contributed by atoms with Crippen molar-refractivity contribution in [2.75, 3.05) is 0 Å². The largest absolute Gasteiger partial charge is 0.347 e. The van der Waals surface area contributed by atoms with Crippen LogP contribution in [0.25, 0.3) is 11.6 Å². The third kappa shape index (κ3) is 5.42. The third-order valence-corrected chi connectivity index (χ3v) is 4.38. The smallest absolute Gasteiger partial charge is 0.252 e. The van der Waals surface area contributed by atoms with E-state index in [0.29, 0.717) is 5.57 Å². The Morgan fingerprint density at radius 1 is 0.815 bits per heavy atom. The number of nitrogens with one attached hydrogen (secondary N) is 1. The van der Waals surface area contributed by atoms with Crippen molar-refractivity contribution in [3.8, 4) is 0 Å². The van der Waals surface area contributed by atoms with Crippen molar-refractivity contribution in [2.24, 2.45) is 0 Å². The first-order chi connectivity index (χ1) is 13.0. The van der Waals surface area contributed by atoms with Crippen LogP contribution in [0, 0.1) is 0 Å². The van der Waals surface area contributed by atoms with Crippen molar-refractivity contribution in [1.82, 2.24) is 5.32 Å². The molecular formula is C25H25NO. The van der Waals surface area contributed by atoms with Crippen LogP contribution in [0.3, 0.4) is 0 Å². The van der Waals surface area contributed by atoms with Crippen LogP contribution in [0.15, 0.2) is 91.0 Å². The van der Waals surface area contributed by atoms with Gasteiger partial charge in [0.2, 0.25) is 0 Å². The minimum absolute atomic E-state index is 0.0639. The van der Waals surface area contributed by atoms with Gasteiger partial charge < -0.3 is 5.32 Å². The molecule has 0 aromatic heterocycles. The summed E-state index contributed by atoms with van der Waals surface area (Å²) in [6.07, 6.45) is 2.72. The summed E-state index contributed by atoms with van der Waals surface area (Å²) in [5, 5.41) is 3.22. The second kappa shape index (κ2) is 8.50. The van der Waals surface area contributed by atoms with Gasteiger partial charge in [0, 0.05) is 11.1 Å². The molecule has 3 aromatic rings. The highest BCUT2D eigenvalue weighted by Gasteiger charge is 2.23. The lowest BCUT2D eigenvalue weighted by atomic mass is 9.93. The predicted octanol–water partition coefficient (Wildman–Crippen LogP) is 5.36. The highest BCUT2D eigenvalue weighted by atomic mass is 16.1. The summed E-state index contributed by atoms with van der Waals surface area (Å²) in [6.45, 7) is 4.12. The summed E-state index contributed by atoms with van der Waals surface area (Å²) in [5.41, 5.74) is 3.43. The average Bonchev–Trinajstić information content (AvgIpc) is 2.67. The zero-order valence-electron chi connectivity index (χ0n) is 15.9. The molecule has 1 amide bonds. The van der Waals surface area contributed by atoms with Crippen LogP contribution >= 0.6 is 0 Å². The summed E-state index contributed by atoms with van der Waals surface area (Å²) in [6, 6.07) is 30.0. The van der Waals surface area contributed by atoms with E-state index in [-0.39, 0.29) is 11.4 Å². The summed E-state index contributed by atoms with van der Waals surface area (Å²) in [7, 11) is 0. The fourth-order valence-corrected chi connectivity index (χ4v) is 3.14. The zero-order chi connectivity index (χ0) is 19.1. The summed E-state index contributed by atoms with van der Waals surface area (Å²) in [4.78, 5) is 13.2. The predicted molar refractivity (Wildman–Crippen MR) is 113 cm³/mol. The molecule has 0 unspecified atom stereocenters. The molecule has 0 radical (unpaired) electrons. The quantitative estimate of drug-likeness (QED) is 0.468. The summed E-state index contributed by atoms with van der Waals surface area (Å²) < 4.78 is 0. The monoisotopic (exact) mass is 355 g/mol. The Hall–Kier alpha value is -3.13. The highest BCUT2D eigenvalue weighted by Crippen LogP contribution is 2.21. The Kier molecular flexibility index (Phi) is 5.87. The van der Waals surface area contributed by atoms with E-state index in [1.54, 1.807) is 0 Å². The number of carbonyl (C=O) groups excluding carboxylic acids is 1. The molecular weight excluding hydrogens is 330 g/mol. The maximum atomic E-state index is 13.2. The number of benzene rings is 3. The summed E-state index contributed by atoms with van der Waals surface area (Å²) >= 11 is 0. The van der Waals surface area contributed by atoms with E-state index in [0.717, 1.165) is 17.5 Å². The van der Waals surface area contributed by atoms with Gasteiger partial charge in [0.05, 0.1) is 0 Å². The Labute approximate surface area is 161 Å². The van der Waals surface area contributed by atoms with Crippen molar-refractivity contribution in [2.45, 2.75) is 25.8 Å². The maximum absolute atomic E-state index is 13.2. The fraction of sp³-hybridized carbons (Fsp3) is 0.160. The van der Waals surface area contributed by atoms with Crippen molar-refractivity contribution >= 4 is 17.6 Å². The number of carbonyl (C=O) groups is 1. The van der Waals surface area contributed by atoms with Gasteiger partial charge in [-0.15, -0.1) is 0 Å². The minimum Gasteiger partial charge on any atom is -0.347 e. The molecule has 0 fully saturated rings. The number of rotatable bonds is 6. The van der Waals surface area contributed by atoms with Crippen molar-refractivity contribution in [3.05, 3.63) is 108 Å². The number of amides is 1. The normalized spacial score (nSPS) is 11.9. The van der Waals surface area contributed by atoms with E-state index >= 15 is 0 Å². The number of hydrogen-bond acceptors (Lipinski definition) is 1. The fourth-order valence-electron chi connectivity index (χ4n) is 3.14. The molecule has 0 aliphatic rings. The van der Waals surface area contributed by atoms with Gasteiger partial charge in [-0.1, -0.05) is 91.0 Å². The van der Waals surface area contributed by atoms with Gasteiger partial charge in [-0.3, -0.25) is 4.79 Å². The van der Waals surface area contributed by atoms with Gasteiger partial charge in [0.1, 0.15) is 0 Å². The Morgan fingerprint density at radius 3 is 1.93 bits per heavy atom. The lowest BCUT2D eigenvalue weighted by molar-refractivity contribution is -0.117. The second-order valence-electron chi connectivity index (χ2n) is 7.34. The first-order valence-electron chi connectivity index (χ1n) is 9.22. The van der Waals surface area contributed by atoms with Gasteiger partial charge in [-0.2, -0.15) is 0 Å². The maximum Gasteiger partial charge on any atom is 0.252 e. The van der Waals surface area contributed by atoms with Gasteiger partial charge >= 0.3 is 0 Å². The van der Waals surface area contributed by atoms with E-state index in [4.69, 9.17) is 0 Å². The zero-order valence-corrected chi connectivity index (χ0v) is 15.9. The van der Waals surface area contributed by atoms with E-state index in [9.17, 15) is 4.79 Å². The van der Waals surface area contributed by atoms with E-state index in [2.05, 4.69) is 31.3 Å². The Balaban J connectivity index is 1.86. The van der Waals surface area contributed by atoms with E-state index < -0.39 is 0 Å². The molecule has 2 heteroatoms. The summed E-state index contributed by atoms with van der Waals surface area (Å²) in [5.74, 6) is -0.0639. The van der Waals surface area contributed by atoms with Crippen LogP contribution < -0.4 is 5.32 Å². The molecule has 2 nitrogen and oxygen atoms in total. The van der Waals surface area contributed by atoms with Crippen LogP contribution in [0.4, 0.5) is 0 Å². The van der Waals surface area contributed by atoms with Crippen LogP contribution in [-0.2, 0) is 11.2 Å². The first-order valence-corrected chi connectivity index (χ1v) is 9.22. The lowest BCUT2D eigenvalue weighted by Crippen LogP contribution is -2.45. The topological polar surface area (TPSA) is 29.1 Å². The SMILES string of the molecule is CC(C)(Cc1ccccc1)NC(=O)/C(=C/c1ccccc1)c1ccccc1. The van der Waals surface area contributed by atoms with E-state index in [1.165, 1.54) is 5.56 Å². The van der Waals surface area contributed by atoms with Crippen LogP contribution in [0.2, 0.25) is 0 Å². The standard InChI is InChI=1S/C25H25NO/c1-25(2,19-21-14-8-4-9-15-21)26-24(27)23(22-16-10-5-11-17-22)18-20-12-6-3-7-13-20/h3-18H,19H2,1-2H3,(H,26,27)/b23-18+. The van der Waals surface area contributed by atoms with Gasteiger partial charge in [0.25, 0.3) is 5.91 Å². The molecule has 0 saturated carbocycles. The van der Waals surface area contributed by atoms with Gasteiger partial charge in [0.15, 0.2) is 0 Å². The van der Waals surface area contributed by atoms with Crippen molar-refractivity contribution < 1.29 is 4.79 Å². The molecule has 0 spiro atoms. The lowest BCUT2D eigenvalue weighted by Gasteiger charge is -2.27. The average molecular weight is 355 g/mol. The van der Waals surface area contributed by atoms with Crippen LogP contribution in [0.5, 0.6) is 0 Å². The van der Waals surface area contributed by atoms with Crippen molar-refractivity contribution in [3.63, 3.8) is 0 Å². The molecule has 0 aliphatic carbocycles. The molecule has 1 N–H and O–H groups in total. The molecule has 0 bridgehead atoms. The Bertz CT molecular complexity index is 897. The molecule has 3 aromatic carbocycles. The molecule has 0 heterocycles. The highest BCUT2D eigenvalue weighted by molar-refractivity contribution is 6.24. The molecule has 136 valence electrons. The number of hydrogen-bond donors (Lipinski definition) is 1. The first kappa shape index (κ1) is 18.7. The van der Waals surface area contributed by atoms with Crippen LogP contribution in [-0.4, -0.2) is 11.4 Å². The molecule has 3 rings (SSSR count). The molecule has 27 heavy (non-hydrogen) atoms. The molecule has 0 atom stereocenters. The van der Waals surface area contributed by atoms with Gasteiger partial charge in [-0.25, -0.2) is 0 Å². The Morgan fingerprint density at radius 2 is 1.33 bits per heavy atom. The minimum atomic E-state index is -0.358. The molecule has 0 saturated heterocycles. The van der Waals surface area contributed by atoms with Gasteiger partial charge in [-0.05, 0) is 43.0 Å². The van der Waals surface area contributed by atoms with E-state index in [1.807, 2.05) is 84.9 Å². The van der Waals surface area contributed by atoms with Crippen LogP contribution in [0.1, 0.15) is 30.5 Å². The second-order valence-corrected chi connectivity index (χ2v) is 7.34. The molecule has 0 aliphatic heterocycles. The third-order valence-electron chi connectivity index (χ3n) is 4.38.